The van der Waals surface area contributed by atoms with Crippen molar-refractivity contribution in [3.8, 4) is 0 Å². The largest absolute Gasteiger partial charge is 0.324 e. The topological polar surface area (TPSA) is 24.1 Å². The maximum Gasteiger partial charge on any atom is 0.117 e. The van der Waals surface area contributed by atoms with Crippen molar-refractivity contribution in [2.45, 2.75) is 70.9 Å². The lowest BCUT2D eigenvalue weighted by Crippen LogP contribution is -2.60. The first-order chi connectivity index (χ1) is 7.14. The van der Waals surface area contributed by atoms with Crippen molar-refractivity contribution in [3.63, 3.8) is 0 Å². The summed E-state index contributed by atoms with van der Waals surface area (Å²) >= 11 is 0. The molecule has 0 unspecified atom stereocenters. The van der Waals surface area contributed by atoms with Gasteiger partial charge in [0.2, 0.25) is 0 Å². The molecule has 0 saturated heterocycles. The highest BCUT2D eigenvalue weighted by Crippen LogP contribution is 2.07. The van der Waals surface area contributed by atoms with Gasteiger partial charge in [-0.1, -0.05) is 58.3 Å². The van der Waals surface area contributed by atoms with Crippen molar-refractivity contribution in [2.24, 2.45) is 0 Å². The minimum Gasteiger partial charge on any atom is -0.324 e. The molecular weight excluding hydrogens is 244 g/mol. The van der Waals surface area contributed by atoms with E-state index in [1.807, 2.05) is 0 Å². The highest BCUT2D eigenvalue weighted by molar-refractivity contribution is 6.75. The third-order valence-electron chi connectivity index (χ3n) is 2.13. The van der Waals surface area contributed by atoms with Crippen LogP contribution in [0.1, 0.15) is 12.8 Å². The van der Waals surface area contributed by atoms with E-state index in [1.165, 1.54) is 18.9 Å². The first-order valence-corrected chi connectivity index (χ1v) is 15.0. The molecule has 2 radical (unpaired) electrons. The molecule has 0 saturated carbocycles. The minimum absolute atomic E-state index is 0.551. The fourth-order valence-corrected chi connectivity index (χ4v) is 4.93. The van der Waals surface area contributed by atoms with Gasteiger partial charge in [0.05, 0.1) is 0 Å². The molecule has 0 aliphatic carbocycles. The number of rotatable bonds is 8. The van der Waals surface area contributed by atoms with Crippen LogP contribution in [0, 0.1) is 0 Å². The Labute approximate surface area is 107 Å². The predicted octanol–water partition coefficient (Wildman–Crippen LogP) is 3.11. The van der Waals surface area contributed by atoms with Crippen molar-refractivity contribution >= 4 is 26.0 Å². The van der Waals surface area contributed by atoms with Crippen molar-refractivity contribution < 1.29 is 0 Å². The van der Waals surface area contributed by atoms with E-state index in [2.05, 4.69) is 55.8 Å². The molecule has 0 heterocycles. The number of nitrogens with one attached hydrogen (secondary N) is 2. The van der Waals surface area contributed by atoms with Gasteiger partial charge in [-0.3, -0.25) is 0 Å². The molecule has 2 N–H and O–H groups in total. The van der Waals surface area contributed by atoms with Gasteiger partial charge in [-0.05, 0) is 6.42 Å². The van der Waals surface area contributed by atoms with Crippen molar-refractivity contribution in [2.75, 3.05) is 0 Å². The van der Waals surface area contributed by atoms with Gasteiger partial charge in [0, 0.05) is 15.7 Å². The van der Waals surface area contributed by atoms with E-state index in [-0.39, 0.29) is 0 Å². The zero-order chi connectivity index (χ0) is 12.8. The molecule has 0 rings (SSSR count). The molecule has 0 bridgehead atoms. The monoisotopic (exact) mass is 274 g/mol. The summed E-state index contributed by atoms with van der Waals surface area (Å²) in [6.07, 6.45) is 3.19. The second-order valence-corrected chi connectivity index (χ2v) is 17.4. The van der Waals surface area contributed by atoms with Crippen LogP contribution < -0.4 is 9.96 Å². The van der Waals surface area contributed by atoms with E-state index in [0.29, 0.717) is 6.17 Å². The molecule has 0 aromatic rings. The van der Waals surface area contributed by atoms with Gasteiger partial charge >= 0.3 is 0 Å². The van der Waals surface area contributed by atoms with Crippen LogP contribution in [0.15, 0.2) is 0 Å². The summed E-state index contributed by atoms with van der Waals surface area (Å²) in [6.45, 7) is 16.6. The molecule has 96 valence electrons. The van der Waals surface area contributed by atoms with Crippen LogP contribution in [-0.2, 0) is 0 Å². The normalized spacial score (nSPS) is 13.5. The molecule has 0 spiro atoms. The molecule has 0 aromatic carbocycles. The predicted molar refractivity (Wildman–Crippen MR) is 82.4 cm³/mol. The Morgan fingerprint density at radius 3 is 1.69 bits per heavy atom. The zero-order valence-corrected chi connectivity index (χ0v) is 15.2. The molecule has 5 heteroatoms. The molecule has 0 atom stereocenters. The van der Waals surface area contributed by atoms with E-state index >= 15 is 0 Å². The lowest BCUT2D eigenvalue weighted by molar-refractivity contribution is 0.524. The van der Waals surface area contributed by atoms with Crippen molar-refractivity contribution in [1.82, 2.24) is 9.96 Å². The fraction of sp³-hybridized carbons (Fsp3) is 1.00. The summed E-state index contributed by atoms with van der Waals surface area (Å²) in [5.74, 6) is 0. The number of hydrogen-bond acceptors (Lipinski definition) is 2. The van der Waals surface area contributed by atoms with E-state index in [4.69, 9.17) is 0 Å². The van der Waals surface area contributed by atoms with Gasteiger partial charge < -0.3 is 9.96 Å². The Morgan fingerprint density at radius 2 is 1.38 bits per heavy atom. The number of hydrogen-bond donors (Lipinski definition) is 2. The zero-order valence-electron chi connectivity index (χ0n) is 12.2. The smallest absolute Gasteiger partial charge is 0.117 e. The summed E-state index contributed by atoms with van der Waals surface area (Å²) in [5, 5.41) is 0. The Balaban J connectivity index is 4.17. The van der Waals surface area contributed by atoms with E-state index < -0.39 is 16.5 Å². The van der Waals surface area contributed by atoms with Gasteiger partial charge in [0.1, 0.15) is 16.5 Å². The van der Waals surface area contributed by atoms with Gasteiger partial charge in [0.15, 0.2) is 0 Å². The summed E-state index contributed by atoms with van der Waals surface area (Å²) in [4.78, 5) is 7.67. The van der Waals surface area contributed by atoms with Gasteiger partial charge in [-0.2, -0.15) is 0 Å². The molecule has 0 aliphatic rings. The van der Waals surface area contributed by atoms with Crippen molar-refractivity contribution in [3.05, 3.63) is 0 Å². The first-order valence-electron chi connectivity index (χ1n) is 6.34. The first kappa shape index (κ1) is 16.6. The van der Waals surface area contributed by atoms with Gasteiger partial charge in [-0.25, -0.2) is 0 Å². The average molecular weight is 275 g/mol. The third-order valence-corrected chi connectivity index (χ3v) is 5.42. The lowest BCUT2D eigenvalue weighted by atomic mass is 10.3. The Hall–Kier alpha value is 0.571. The van der Waals surface area contributed by atoms with E-state index in [1.54, 1.807) is 0 Å². The molecule has 0 amide bonds. The molecule has 0 aromatic heterocycles. The summed E-state index contributed by atoms with van der Waals surface area (Å²) in [7, 11) is -1.24. The van der Waals surface area contributed by atoms with Crippen molar-refractivity contribution in [1.29, 1.82) is 0 Å². The maximum atomic E-state index is 3.84. The highest BCUT2D eigenvalue weighted by Gasteiger charge is 2.23. The quantitative estimate of drug-likeness (QED) is 0.404. The van der Waals surface area contributed by atoms with Crippen LogP contribution in [0.2, 0.25) is 51.9 Å². The van der Waals surface area contributed by atoms with Crippen LogP contribution in [0.3, 0.4) is 0 Å². The summed E-state index contributed by atoms with van der Waals surface area (Å²) < 4.78 is 0. The fourth-order valence-electron chi connectivity index (χ4n) is 1.71. The van der Waals surface area contributed by atoms with Gasteiger partial charge in [-0.15, -0.1) is 0 Å². The summed E-state index contributed by atoms with van der Waals surface area (Å²) in [5.41, 5.74) is 0. The van der Waals surface area contributed by atoms with Crippen LogP contribution >= 0.6 is 0 Å². The third kappa shape index (κ3) is 11.1. The maximum absolute atomic E-state index is 3.84. The van der Waals surface area contributed by atoms with E-state index in [9.17, 15) is 0 Å². The SMILES string of the molecule is C[Si]CCCC(N[Si](C)(C)C)N[Si](C)(C)C. The molecule has 0 fully saturated rings. The standard InChI is InChI=1S/C11H30N2Si3/c1-14-10-8-9-11(12-15(2,3)4)13-16(5,6)7/h11-13H,8-10H2,1-7H3. The molecule has 16 heavy (non-hydrogen) atoms. The molecule has 2 nitrogen and oxygen atoms in total. The van der Waals surface area contributed by atoms with Gasteiger partial charge in [0.25, 0.3) is 0 Å². The molecule has 0 aliphatic heterocycles. The van der Waals surface area contributed by atoms with E-state index in [0.717, 1.165) is 9.52 Å². The van der Waals surface area contributed by atoms with Crippen LogP contribution in [-0.4, -0.2) is 32.2 Å². The Kier molecular flexibility index (Phi) is 7.36. The van der Waals surface area contributed by atoms with Crippen LogP contribution in [0.4, 0.5) is 0 Å². The van der Waals surface area contributed by atoms with Crippen LogP contribution in [0.5, 0.6) is 0 Å². The highest BCUT2D eigenvalue weighted by atomic mass is 28.3. The second-order valence-electron chi connectivity index (χ2n) is 6.59. The lowest BCUT2D eigenvalue weighted by Gasteiger charge is -2.33. The van der Waals surface area contributed by atoms with Crippen LogP contribution in [0.25, 0.3) is 0 Å². The Bertz CT molecular complexity index is 169. The second kappa shape index (κ2) is 7.10. The molecular formula is C11H30N2Si3. The average Bonchev–Trinajstić information content (AvgIpc) is 1.97. The minimum atomic E-state index is -1.17. The summed E-state index contributed by atoms with van der Waals surface area (Å²) in [6, 6.07) is 1.39. The Morgan fingerprint density at radius 1 is 0.938 bits per heavy atom.